The Kier molecular flexibility index (Phi) is 10.7. The van der Waals surface area contributed by atoms with Gasteiger partial charge in [-0.2, -0.15) is 0 Å². The molecule has 0 aliphatic rings. The van der Waals surface area contributed by atoms with Crippen LogP contribution in [-0.2, 0) is 17.8 Å². The van der Waals surface area contributed by atoms with Crippen LogP contribution in [0.5, 0.6) is 23.0 Å². The summed E-state index contributed by atoms with van der Waals surface area (Å²) < 4.78 is 19.2. The first-order chi connectivity index (χ1) is 20.1. The number of nitrogens with one attached hydrogen (secondary N) is 1. The van der Waals surface area contributed by atoms with E-state index in [0.717, 1.165) is 39.3 Å². The third kappa shape index (κ3) is 7.73. The lowest BCUT2D eigenvalue weighted by Gasteiger charge is -2.26. The summed E-state index contributed by atoms with van der Waals surface area (Å²) in [5.74, 6) is 2.11. The Balaban J connectivity index is 1.84. The zero-order valence-electron chi connectivity index (χ0n) is 24.3. The van der Waals surface area contributed by atoms with E-state index in [9.17, 15) is 9.90 Å². The fourth-order valence-electron chi connectivity index (χ4n) is 4.85. The number of aryl methyl sites for hydroxylation is 1. The van der Waals surface area contributed by atoms with Crippen LogP contribution >= 0.6 is 31.9 Å². The van der Waals surface area contributed by atoms with Crippen molar-refractivity contribution in [2.75, 3.05) is 14.2 Å². The lowest BCUT2D eigenvalue weighted by Crippen LogP contribution is -2.23. The van der Waals surface area contributed by atoms with Crippen LogP contribution in [0, 0.1) is 6.92 Å². The highest BCUT2D eigenvalue weighted by Crippen LogP contribution is 2.44. The molecule has 4 rings (SSSR count). The molecule has 4 aromatic rings. The minimum atomic E-state index is -0.898. The minimum Gasteiger partial charge on any atom is -0.497 e. The van der Waals surface area contributed by atoms with Crippen molar-refractivity contribution in [1.29, 1.82) is 0 Å². The van der Waals surface area contributed by atoms with Gasteiger partial charge in [0.1, 0.15) is 17.2 Å². The van der Waals surface area contributed by atoms with Gasteiger partial charge in [0, 0.05) is 17.7 Å². The molecule has 2 N–H and O–H groups in total. The average molecular weight is 697 g/mol. The van der Waals surface area contributed by atoms with Crippen molar-refractivity contribution >= 4 is 37.8 Å². The quantitative estimate of drug-likeness (QED) is 0.154. The third-order valence-corrected chi connectivity index (χ3v) is 8.14. The van der Waals surface area contributed by atoms with E-state index < -0.39 is 5.97 Å². The molecule has 1 unspecified atom stereocenters. The molecular formula is C34H35Br2NO5. The maximum atomic E-state index is 11.3. The second-order valence-electron chi connectivity index (χ2n) is 10.4. The number of rotatable bonds is 12. The summed E-state index contributed by atoms with van der Waals surface area (Å²) in [6, 6.07) is 23.8. The lowest BCUT2D eigenvalue weighted by molar-refractivity contribution is -0.136. The molecule has 0 fully saturated rings. The van der Waals surface area contributed by atoms with E-state index in [1.54, 1.807) is 26.4 Å². The minimum absolute atomic E-state index is 0.0898. The van der Waals surface area contributed by atoms with E-state index in [1.165, 1.54) is 0 Å². The van der Waals surface area contributed by atoms with Gasteiger partial charge in [0.05, 0.1) is 35.6 Å². The lowest BCUT2D eigenvalue weighted by atomic mass is 9.92. The number of methoxy groups -OCH3 is 2. The Hall–Kier alpha value is -3.33. The number of halogens is 2. The molecular weight excluding hydrogens is 662 g/mol. The van der Waals surface area contributed by atoms with Gasteiger partial charge in [-0.3, -0.25) is 4.79 Å². The van der Waals surface area contributed by atoms with Crippen molar-refractivity contribution in [1.82, 2.24) is 5.32 Å². The number of ether oxygens (including phenoxy) is 3. The Bertz CT molecular complexity index is 1530. The number of benzene rings is 4. The smallest absolute Gasteiger partial charge is 0.307 e. The van der Waals surface area contributed by atoms with Crippen LogP contribution in [-0.4, -0.2) is 25.3 Å². The summed E-state index contributed by atoms with van der Waals surface area (Å²) >= 11 is 7.22. The maximum absolute atomic E-state index is 11.3. The second-order valence-corrected chi connectivity index (χ2v) is 12.1. The first kappa shape index (κ1) is 31.6. The second kappa shape index (κ2) is 14.2. The van der Waals surface area contributed by atoms with Gasteiger partial charge in [-0.1, -0.05) is 55.8 Å². The highest BCUT2D eigenvalue weighted by atomic mass is 79.9. The van der Waals surface area contributed by atoms with Gasteiger partial charge in [-0.15, -0.1) is 0 Å². The predicted molar refractivity (Wildman–Crippen MR) is 173 cm³/mol. The molecule has 0 spiro atoms. The summed E-state index contributed by atoms with van der Waals surface area (Å²) in [6.07, 6.45) is -0.0898. The average Bonchev–Trinajstić information content (AvgIpc) is 2.95. The molecule has 0 bridgehead atoms. The van der Waals surface area contributed by atoms with Gasteiger partial charge in [0.2, 0.25) is 0 Å². The summed E-state index contributed by atoms with van der Waals surface area (Å²) in [6.45, 7) is 6.92. The number of carbonyl (C=O) groups is 1. The summed E-state index contributed by atoms with van der Waals surface area (Å²) in [5, 5.41) is 13.0. The zero-order chi connectivity index (χ0) is 30.4. The number of carboxylic acids is 1. The van der Waals surface area contributed by atoms with Crippen LogP contribution in [0.15, 0.2) is 81.7 Å². The zero-order valence-corrected chi connectivity index (χ0v) is 27.5. The Morgan fingerprint density at radius 3 is 2.10 bits per heavy atom. The van der Waals surface area contributed by atoms with E-state index >= 15 is 0 Å². The van der Waals surface area contributed by atoms with E-state index in [1.807, 2.05) is 30.3 Å². The normalized spacial score (nSPS) is 11.8. The third-order valence-electron chi connectivity index (χ3n) is 6.97. The van der Waals surface area contributed by atoms with E-state index in [2.05, 4.69) is 88.3 Å². The fraction of sp³-hybridized carbons (Fsp3) is 0.265. The van der Waals surface area contributed by atoms with Crippen LogP contribution < -0.4 is 19.5 Å². The van der Waals surface area contributed by atoms with Crippen LogP contribution in [0.25, 0.3) is 0 Å². The molecule has 0 aliphatic carbocycles. The predicted octanol–water partition coefficient (Wildman–Crippen LogP) is 8.96. The molecule has 0 radical (unpaired) electrons. The number of aliphatic carboxylic acids is 1. The molecule has 0 saturated carbocycles. The Morgan fingerprint density at radius 2 is 1.52 bits per heavy atom. The van der Waals surface area contributed by atoms with E-state index in [4.69, 9.17) is 14.2 Å². The topological polar surface area (TPSA) is 77.0 Å². The number of hydrogen-bond acceptors (Lipinski definition) is 5. The van der Waals surface area contributed by atoms with Crippen molar-refractivity contribution in [2.45, 2.75) is 45.7 Å². The van der Waals surface area contributed by atoms with Crippen LogP contribution in [0.1, 0.15) is 59.2 Å². The largest absolute Gasteiger partial charge is 0.497 e. The number of carboxylic acid groups (broad SMARTS) is 1. The van der Waals surface area contributed by atoms with Gasteiger partial charge in [0.25, 0.3) is 0 Å². The van der Waals surface area contributed by atoms with Gasteiger partial charge in [-0.25, -0.2) is 0 Å². The molecule has 8 heteroatoms. The highest BCUT2D eigenvalue weighted by molar-refractivity contribution is 9.11. The Labute approximate surface area is 264 Å². The molecule has 0 saturated heterocycles. The standard InChI is InChI=1S/C34H35Br2NO5/c1-20(2)26-17-31(42-34-28(35)14-23(15-29(34)36)16-32(38)39)27(18-30(26)41-5)33(24-8-6-7-21(3)13-24)37-19-22-9-11-25(40-4)12-10-22/h6-15,17-18,20,33,37H,16,19H2,1-5H3,(H,38,39). The van der Waals surface area contributed by atoms with Crippen LogP contribution in [0.2, 0.25) is 0 Å². The molecule has 0 aliphatic heterocycles. The van der Waals surface area contributed by atoms with Gasteiger partial charge in [0.15, 0.2) is 5.75 Å². The van der Waals surface area contributed by atoms with Gasteiger partial charge >= 0.3 is 5.97 Å². The van der Waals surface area contributed by atoms with Gasteiger partial charge in [-0.05, 0) is 97.8 Å². The first-order valence-corrected chi connectivity index (χ1v) is 15.2. The maximum Gasteiger partial charge on any atom is 0.307 e. The summed E-state index contributed by atoms with van der Waals surface area (Å²) in [4.78, 5) is 11.3. The molecule has 0 aromatic heterocycles. The molecule has 42 heavy (non-hydrogen) atoms. The van der Waals surface area contributed by atoms with Crippen molar-refractivity contribution in [2.24, 2.45) is 0 Å². The van der Waals surface area contributed by atoms with Gasteiger partial charge < -0.3 is 24.6 Å². The van der Waals surface area contributed by atoms with Crippen molar-refractivity contribution in [3.63, 3.8) is 0 Å². The highest BCUT2D eigenvalue weighted by Gasteiger charge is 2.24. The van der Waals surface area contributed by atoms with Crippen molar-refractivity contribution in [3.05, 3.63) is 115 Å². The molecule has 4 aromatic carbocycles. The van der Waals surface area contributed by atoms with Crippen LogP contribution in [0.3, 0.4) is 0 Å². The fourth-order valence-corrected chi connectivity index (χ4v) is 6.29. The molecule has 0 heterocycles. The SMILES string of the molecule is COc1ccc(CNC(c2cccc(C)c2)c2cc(OC)c(C(C)C)cc2Oc2c(Br)cc(CC(=O)O)cc2Br)cc1. The summed E-state index contributed by atoms with van der Waals surface area (Å²) in [5.41, 5.74) is 5.93. The first-order valence-electron chi connectivity index (χ1n) is 13.6. The van der Waals surface area contributed by atoms with E-state index in [0.29, 0.717) is 32.6 Å². The molecule has 220 valence electrons. The molecule has 1 atom stereocenters. The molecule has 6 nitrogen and oxygen atoms in total. The molecule has 0 amide bonds. The number of hydrogen-bond donors (Lipinski definition) is 2. The van der Waals surface area contributed by atoms with Crippen molar-refractivity contribution in [3.8, 4) is 23.0 Å². The Morgan fingerprint density at radius 1 is 0.857 bits per heavy atom. The van der Waals surface area contributed by atoms with E-state index in [-0.39, 0.29) is 18.4 Å². The van der Waals surface area contributed by atoms with Crippen LogP contribution in [0.4, 0.5) is 0 Å². The summed E-state index contributed by atoms with van der Waals surface area (Å²) in [7, 11) is 3.35. The monoisotopic (exact) mass is 695 g/mol. The van der Waals surface area contributed by atoms with Crippen molar-refractivity contribution < 1.29 is 24.1 Å².